The Hall–Kier alpha value is -2.05. The van der Waals surface area contributed by atoms with Crippen molar-refractivity contribution in [3.05, 3.63) is 60.2 Å². The highest BCUT2D eigenvalue weighted by molar-refractivity contribution is 7.87. The Balaban J connectivity index is 1.60. The summed E-state index contributed by atoms with van der Waals surface area (Å²) in [5.74, 6) is 1.20. The molecule has 1 unspecified atom stereocenters. The number of rotatable bonds is 8. The van der Waals surface area contributed by atoms with E-state index in [4.69, 9.17) is 8.92 Å². The van der Waals surface area contributed by atoms with Crippen molar-refractivity contribution in [2.24, 2.45) is 0 Å². The molecule has 6 heteroatoms. The fourth-order valence-electron chi connectivity index (χ4n) is 3.32. The van der Waals surface area contributed by atoms with Crippen LogP contribution in [0.2, 0.25) is 0 Å². The van der Waals surface area contributed by atoms with Gasteiger partial charge in [-0.1, -0.05) is 30.3 Å². The Morgan fingerprint density at radius 2 is 1.77 bits per heavy atom. The van der Waals surface area contributed by atoms with Crippen LogP contribution in [0, 0.1) is 0 Å². The lowest BCUT2D eigenvalue weighted by Crippen LogP contribution is -2.30. The van der Waals surface area contributed by atoms with Gasteiger partial charge in [0.25, 0.3) is 0 Å². The minimum atomic E-state index is -3.60. The molecular formula is C20H25NO4S. The Morgan fingerprint density at radius 1 is 1.04 bits per heavy atom. The smallest absolute Gasteiger partial charge is 0.310 e. The van der Waals surface area contributed by atoms with Gasteiger partial charge in [-0.3, -0.25) is 4.90 Å². The van der Waals surface area contributed by atoms with Gasteiger partial charge in [0.05, 0.1) is 12.4 Å². The second-order valence-electron chi connectivity index (χ2n) is 6.35. The molecule has 1 fully saturated rings. The number of ether oxygens (including phenoxy) is 1. The lowest BCUT2D eigenvalue weighted by atomic mass is 10.0. The number of nitrogens with zero attached hydrogens (tertiary/aromatic N) is 1. The SMILES string of the molecule is CCOc1ccc(C2CCCN2CCS(=O)(=O)Oc2ccccc2)cc1. The molecule has 140 valence electrons. The van der Waals surface area contributed by atoms with Crippen molar-refractivity contribution in [1.82, 2.24) is 4.90 Å². The summed E-state index contributed by atoms with van der Waals surface area (Å²) < 4.78 is 35.2. The first-order valence-electron chi connectivity index (χ1n) is 9.01. The van der Waals surface area contributed by atoms with Crippen LogP contribution in [0.5, 0.6) is 11.5 Å². The van der Waals surface area contributed by atoms with Gasteiger partial charge in [0.1, 0.15) is 11.5 Å². The molecule has 1 atom stereocenters. The van der Waals surface area contributed by atoms with E-state index >= 15 is 0 Å². The van der Waals surface area contributed by atoms with Crippen LogP contribution in [0.25, 0.3) is 0 Å². The van der Waals surface area contributed by atoms with Gasteiger partial charge in [0.15, 0.2) is 0 Å². The van der Waals surface area contributed by atoms with Gasteiger partial charge >= 0.3 is 10.1 Å². The summed E-state index contributed by atoms with van der Waals surface area (Å²) in [6.45, 7) is 3.98. The second kappa shape index (κ2) is 8.56. The third-order valence-electron chi connectivity index (χ3n) is 4.53. The Kier molecular flexibility index (Phi) is 6.16. The fraction of sp³-hybridized carbons (Fsp3) is 0.400. The minimum absolute atomic E-state index is 0.0184. The lowest BCUT2D eigenvalue weighted by Gasteiger charge is -2.24. The number of hydrogen-bond acceptors (Lipinski definition) is 5. The summed E-state index contributed by atoms with van der Waals surface area (Å²) in [5.41, 5.74) is 1.20. The van der Waals surface area contributed by atoms with Crippen LogP contribution in [0.1, 0.15) is 31.4 Å². The van der Waals surface area contributed by atoms with Crippen LogP contribution >= 0.6 is 0 Å². The molecule has 0 aliphatic carbocycles. The Bertz CT molecular complexity index is 790. The quantitative estimate of drug-likeness (QED) is 0.660. The van der Waals surface area contributed by atoms with E-state index in [-0.39, 0.29) is 11.8 Å². The summed E-state index contributed by atoms with van der Waals surface area (Å²) in [5, 5.41) is 0. The van der Waals surface area contributed by atoms with E-state index in [0.29, 0.717) is 18.9 Å². The maximum absolute atomic E-state index is 12.3. The van der Waals surface area contributed by atoms with Crippen molar-refractivity contribution >= 4 is 10.1 Å². The first-order valence-corrected chi connectivity index (χ1v) is 10.6. The minimum Gasteiger partial charge on any atom is -0.494 e. The largest absolute Gasteiger partial charge is 0.494 e. The van der Waals surface area contributed by atoms with Gasteiger partial charge in [-0.05, 0) is 56.1 Å². The van der Waals surface area contributed by atoms with Crippen LogP contribution in [-0.2, 0) is 10.1 Å². The number of benzene rings is 2. The maximum Gasteiger partial charge on any atom is 0.310 e. The zero-order chi connectivity index (χ0) is 18.4. The van der Waals surface area contributed by atoms with E-state index in [1.165, 1.54) is 5.56 Å². The van der Waals surface area contributed by atoms with Crippen molar-refractivity contribution in [2.45, 2.75) is 25.8 Å². The third kappa shape index (κ3) is 4.99. The van der Waals surface area contributed by atoms with Crippen LogP contribution < -0.4 is 8.92 Å². The molecule has 0 radical (unpaired) electrons. The van der Waals surface area contributed by atoms with Crippen LogP contribution in [0.4, 0.5) is 0 Å². The predicted molar refractivity (Wildman–Crippen MR) is 102 cm³/mol. The standard InChI is InChI=1S/C20H25NO4S/c1-2-24-18-12-10-17(11-13-18)20-9-6-14-21(20)15-16-26(22,23)25-19-7-4-3-5-8-19/h3-5,7-8,10-13,20H,2,6,9,14-16H2,1H3. The highest BCUT2D eigenvalue weighted by atomic mass is 32.2. The highest BCUT2D eigenvalue weighted by Crippen LogP contribution is 2.32. The lowest BCUT2D eigenvalue weighted by molar-refractivity contribution is 0.270. The molecule has 2 aromatic carbocycles. The van der Waals surface area contributed by atoms with Crippen LogP contribution in [0.3, 0.4) is 0 Å². The topological polar surface area (TPSA) is 55.8 Å². The molecule has 0 N–H and O–H groups in total. The molecule has 0 saturated carbocycles. The molecule has 1 aliphatic rings. The molecule has 0 aromatic heterocycles. The summed E-state index contributed by atoms with van der Waals surface area (Å²) in [6, 6.07) is 17.0. The normalized spacial score (nSPS) is 18.0. The molecule has 1 aliphatic heterocycles. The summed E-state index contributed by atoms with van der Waals surface area (Å²) >= 11 is 0. The average molecular weight is 375 g/mol. The van der Waals surface area contributed by atoms with E-state index in [9.17, 15) is 8.42 Å². The molecule has 1 saturated heterocycles. The van der Waals surface area contributed by atoms with Gasteiger partial charge in [0.2, 0.25) is 0 Å². The molecule has 0 bridgehead atoms. The van der Waals surface area contributed by atoms with Gasteiger partial charge in [0, 0.05) is 12.6 Å². The van der Waals surface area contributed by atoms with Gasteiger partial charge in [-0.15, -0.1) is 0 Å². The summed E-state index contributed by atoms with van der Waals surface area (Å²) in [6.07, 6.45) is 2.10. The molecule has 1 heterocycles. The second-order valence-corrected chi connectivity index (χ2v) is 8.04. The highest BCUT2D eigenvalue weighted by Gasteiger charge is 2.27. The molecule has 0 spiro atoms. The zero-order valence-corrected chi connectivity index (χ0v) is 15.8. The van der Waals surface area contributed by atoms with E-state index in [0.717, 1.165) is 25.1 Å². The van der Waals surface area contributed by atoms with Crippen molar-refractivity contribution in [3.8, 4) is 11.5 Å². The molecule has 0 amide bonds. The predicted octanol–water partition coefficient (Wildman–Crippen LogP) is 3.63. The monoisotopic (exact) mass is 375 g/mol. The molecule has 3 rings (SSSR count). The molecular weight excluding hydrogens is 350 g/mol. The van der Waals surface area contributed by atoms with E-state index in [2.05, 4.69) is 17.0 Å². The number of hydrogen-bond donors (Lipinski definition) is 0. The van der Waals surface area contributed by atoms with Gasteiger partial charge in [-0.25, -0.2) is 0 Å². The van der Waals surface area contributed by atoms with Crippen molar-refractivity contribution in [2.75, 3.05) is 25.4 Å². The number of para-hydroxylation sites is 1. The van der Waals surface area contributed by atoms with Crippen LogP contribution in [0.15, 0.2) is 54.6 Å². The number of likely N-dealkylation sites (tertiary alicyclic amines) is 1. The van der Waals surface area contributed by atoms with E-state index in [1.54, 1.807) is 24.3 Å². The Labute approximate surface area is 155 Å². The van der Waals surface area contributed by atoms with E-state index in [1.807, 2.05) is 25.1 Å². The fourth-order valence-corrected chi connectivity index (χ4v) is 4.26. The first-order chi connectivity index (χ1) is 12.6. The van der Waals surface area contributed by atoms with Gasteiger partial charge < -0.3 is 8.92 Å². The molecule has 5 nitrogen and oxygen atoms in total. The summed E-state index contributed by atoms with van der Waals surface area (Å²) in [4.78, 5) is 2.22. The average Bonchev–Trinajstić information content (AvgIpc) is 3.10. The summed E-state index contributed by atoms with van der Waals surface area (Å²) in [7, 11) is -3.60. The third-order valence-corrected chi connectivity index (χ3v) is 5.66. The zero-order valence-electron chi connectivity index (χ0n) is 15.0. The Morgan fingerprint density at radius 3 is 2.46 bits per heavy atom. The van der Waals surface area contributed by atoms with Crippen molar-refractivity contribution in [3.63, 3.8) is 0 Å². The first kappa shape index (κ1) is 18.7. The molecule has 2 aromatic rings. The van der Waals surface area contributed by atoms with Crippen LogP contribution in [-0.4, -0.2) is 38.8 Å². The molecule has 26 heavy (non-hydrogen) atoms. The van der Waals surface area contributed by atoms with E-state index < -0.39 is 10.1 Å². The maximum atomic E-state index is 12.3. The van der Waals surface area contributed by atoms with Crippen molar-refractivity contribution < 1.29 is 17.3 Å². The van der Waals surface area contributed by atoms with Gasteiger partial charge in [-0.2, -0.15) is 8.42 Å². The van der Waals surface area contributed by atoms with Crippen molar-refractivity contribution in [1.29, 1.82) is 0 Å².